The monoisotopic (exact) mass is 283 g/mol. The minimum Gasteiger partial charge on any atom is -0.619 e. The number of amides is 1. The van der Waals surface area contributed by atoms with E-state index in [1.54, 1.807) is 0 Å². The molecule has 0 unspecified atom stereocenters. The molecule has 0 spiro atoms. The van der Waals surface area contributed by atoms with Crippen LogP contribution in [0.3, 0.4) is 0 Å². The zero-order valence-electron chi connectivity index (χ0n) is 11.7. The molecule has 1 aliphatic rings. The number of nitrogens with zero attached hydrogens (tertiary/aromatic N) is 2. The summed E-state index contributed by atoms with van der Waals surface area (Å²) in [7, 11) is 0. The number of pyridine rings is 1. The summed E-state index contributed by atoms with van der Waals surface area (Å²) in [5, 5.41) is 13.8. The third-order valence-electron chi connectivity index (χ3n) is 3.64. The fraction of sp³-hybridized carbons (Fsp3) is 0.250. The highest BCUT2D eigenvalue weighted by atomic mass is 16.5. The minimum absolute atomic E-state index is 0.214. The second kappa shape index (κ2) is 5.83. The first-order valence-electron chi connectivity index (χ1n) is 7.07. The predicted molar refractivity (Wildman–Crippen MR) is 81.2 cm³/mol. The van der Waals surface area contributed by atoms with Crippen molar-refractivity contribution in [3.8, 4) is 0 Å². The summed E-state index contributed by atoms with van der Waals surface area (Å²) < 4.78 is 0.658. The maximum atomic E-state index is 12.1. The van der Waals surface area contributed by atoms with Crippen LogP contribution < -0.4 is 14.9 Å². The van der Waals surface area contributed by atoms with E-state index in [1.807, 2.05) is 18.2 Å². The van der Waals surface area contributed by atoms with Gasteiger partial charge in [0, 0.05) is 36.6 Å². The molecule has 108 valence electrons. The lowest BCUT2D eigenvalue weighted by Crippen LogP contribution is -2.25. The molecule has 2 heterocycles. The van der Waals surface area contributed by atoms with Crippen LogP contribution in [0.15, 0.2) is 48.8 Å². The number of carbonyl (C=O) groups is 1. The van der Waals surface area contributed by atoms with Crippen LogP contribution in [-0.2, 0) is 0 Å². The molecule has 2 aromatic rings. The molecule has 0 radical (unpaired) electrons. The second-order valence-corrected chi connectivity index (χ2v) is 5.15. The lowest BCUT2D eigenvalue weighted by molar-refractivity contribution is -0.605. The lowest BCUT2D eigenvalue weighted by Gasteiger charge is -2.18. The maximum Gasteiger partial charge on any atom is 0.256 e. The summed E-state index contributed by atoms with van der Waals surface area (Å²) in [5.74, 6) is -0.214. The molecule has 1 saturated heterocycles. The molecule has 1 N–H and O–H groups in total. The predicted octanol–water partition coefficient (Wildman–Crippen LogP) is 2.17. The van der Waals surface area contributed by atoms with Crippen molar-refractivity contribution in [2.45, 2.75) is 12.8 Å². The molecular weight excluding hydrogens is 266 g/mol. The van der Waals surface area contributed by atoms with Gasteiger partial charge in [0.15, 0.2) is 12.4 Å². The third kappa shape index (κ3) is 3.13. The van der Waals surface area contributed by atoms with Crippen LogP contribution in [0.2, 0.25) is 0 Å². The molecule has 21 heavy (non-hydrogen) atoms. The molecule has 1 aromatic carbocycles. The van der Waals surface area contributed by atoms with Crippen molar-refractivity contribution in [2.24, 2.45) is 0 Å². The minimum atomic E-state index is -0.214. The first-order valence-corrected chi connectivity index (χ1v) is 7.07. The molecule has 1 aromatic heterocycles. The van der Waals surface area contributed by atoms with E-state index in [2.05, 4.69) is 16.3 Å². The van der Waals surface area contributed by atoms with Crippen molar-refractivity contribution in [3.05, 3.63) is 59.6 Å². The SMILES string of the molecule is O=C(Nc1cccc(N2CCCC2)c1)c1cc[n+]([O-])cc1. The summed E-state index contributed by atoms with van der Waals surface area (Å²) in [4.78, 5) is 14.4. The molecule has 1 aliphatic heterocycles. The topological polar surface area (TPSA) is 59.3 Å². The Morgan fingerprint density at radius 3 is 2.57 bits per heavy atom. The van der Waals surface area contributed by atoms with Gasteiger partial charge in [0.2, 0.25) is 0 Å². The zero-order valence-corrected chi connectivity index (χ0v) is 11.7. The standard InChI is InChI=1S/C16H17N3O2/c20-16(13-6-10-19(21)11-7-13)17-14-4-3-5-15(12-14)18-8-1-2-9-18/h3-7,10-12H,1-2,8-9H2,(H,17,20). The summed E-state index contributed by atoms with van der Waals surface area (Å²) >= 11 is 0. The van der Waals surface area contributed by atoms with Crippen LogP contribution in [0.1, 0.15) is 23.2 Å². The summed E-state index contributed by atoms with van der Waals surface area (Å²) in [6.45, 7) is 2.14. The third-order valence-corrected chi connectivity index (χ3v) is 3.64. The van der Waals surface area contributed by atoms with Gasteiger partial charge in [-0.1, -0.05) is 6.07 Å². The van der Waals surface area contributed by atoms with Crippen LogP contribution in [0.4, 0.5) is 11.4 Å². The number of aromatic nitrogens is 1. The average Bonchev–Trinajstić information content (AvgIpc) is 3.02. The highest BCUT2D eigenvalue weighted by molar-refractivity contribution is 6.04. The average molecular weight is 283 g/mol. The number of nitrogens with one attached hydrogen (secondary N) is 1. The fourth-order valence-electron chi connectivity index (χ4n) is 2.52. The Balaban J connectivity index is 1.73. The Morgan fingerprint density at radius 1 is 1.14 bits per heavy atom. The van der Waals surface area contributed by atoms with Crippen molar-refractivity contribution in [3.63, 3.8) is 0 Å². The summed E-state index contributed by atoms with van der Waals surface area (Å²) in [5.41, 5.74) is 2.37. The van der Waals surface area contributed by atoms with Gasteiger partial charge < -0.3 is 15.4 Å². The molecule has 0 saturated carbocycles. The first kappa shape index (κ1) is 13.4. The Bertz CT molecular complexity index is 634. The van der Waals surface area contributed by atoms with Gasteiger partial charge in [-0.2, -0.15) is 4.73 Å². The van der Waals surface area contributed by atoms with Gasteiger partial charge in [0.1, 0.15) is 0 Å². The van der Waals surface area contributed by atoms with Crippen molar-refractivity contribution in [1.29, 1.82) is 0 Å². The van der Waals surface area contributed by atoms with E-state index in [-0.39, 0.29) is 5.91 Å². The Labute approximate surface area is 123 Å². The Hall–Kier alpha value is -2.56. The summed E-state index contributed by atoms with van der Waals surface area (Å²) in [6.07, 6.45) is 5.07. The van der Waals surface area contributed by atoms with Gasteiger partial charge in [-0.25, -0.2) is 0 Å². The van der Waals surface area contributed by atoms with Gasteiger partial charge in [-0.15, -0.1) is 0 Å². The van der Waals surface area contributed by atoms with Crippen LogP contribution in [0.5, 0.6) is 0 Å². The Morgan fingerprint density at radius 2 is 1.86 bits per heavy atom. The van der Waals surface area contributed by atoms with Crippen molar-refractivity contribution in [1.82, 2.24) is 0 Å². The van der Waals surface area contributed by atoms with Crippen LogP contribution in [0.25, 0.3) is 0 Å². The van der Waals surface area contributed by atoms with E-state index in [1.165, 1.54) is 37.4 Å². The zero-order chi connectivity index (χ0) is 14.7. The largest absolute Gasteiger partial charge is 0.619 e. The smallest absolute Gasteiger partial charge is 0.256 e. The van der Waals surface area contributed by atoms with E-state index >= 15 is 0 Å². The van der Waals surface area contributed by atoms with Gasteiger partial charge in [0.05, 0.1) is 5.56 Å². The Kier molecular flexibility index (Phi) is 3.73. The highest BCUT2D eigenvalue weighted by Gasteiger charge is 2.13. The number of hydrogen-bond acceptors (Lipinski definition) is 3. The van der Waals surface area contributed by atoms with E-state index in [0.717, 1.165) is 24.5 Å². The molecular formula is C16H17N3O2. The molecule has 0 atom stereocenters. The normalized spacial score (nSPS) is 14.2. The molecule has 1 fully saturated rings. The van der Waals surface area contributed by atoms with E-state index < -0.39 is 0 Å². The van der Waals surface area contributed by atoms with E-state index in [0.29, 0.717) is 10.3 Å². The highest BCUT2D eigenvalue weighted by Crippen LogP contribution is 2.23. The molecule has 3 rings (SSSR count). The van der Waals surface area contributed by atoms with Gasteiger partial charge in [-0.3, -0.25) is 4.79 Å². The van der Waals surface area contributed by atoms with Crippen molar-refractivity contribution < 1.29 is 9.52 Å². The number of benzene rings is 1. The fourth-order valence-corrected chi connectivity index (χ4v) is 2.52. The number of rotatable bonds is 3. The van der Waals surface area contributed by atoms with Gasteiger partial charge in [-0.05, 0) is 31.0 Å². The molecule has 0 aliphatic carbocycles. The van der Waals surface area contributed by atoms with Crippen LogP contribution >= 0.6 is 0 Å². The lowest BCUT2D eigenvalue weighted by atomic mass is 10.2. The number of carbonyl (C=O) groups excluding carboxylic acids is 1. The maximum absolute atomic E-state index is 12.1. The van der Waals surface area contributed by atoms with Crippen molar-refractivity contribution >= 4 is 17.3 Å². The molecule has 5 nitrogen and oxygen atoms in total. The van der Waals surface area contributed by atoms with E-state index in [9.17, 15) is 10.0 Å². The molecule has 0 bridgehead atoms. The molecule has 5 heteroatoms. The number of anilines is 2. The van der Waals surface area contributed by atoms with Gasteiger partial charge >= 0.3 is 0 Å². The van der Waals surface area contributed by atoms with E-state index in [4.69, 9.17) is 0 Å². The number of hydrogen-bond donors (Lipinski definition) is 1. The summed E-state index contributed by atoms with van der Waals surface area (Å²) in [6, 6.07) is 10.9. The van der Waals surface area contributed by atoms with Crippen molar-refractivity contribution in [2.75, 3.05) is 23.3 Å². The second-order valence-electron chi connectivity index (χ2n) is 5.15. The first-order chi connectivity index (χ1) is 10.2. The molecule has 1 amide bonds. The van der Waals surface area contributed by atoms with Crippen LogP contribution in [0, 0.1) is 5.21 Å². The quantitative estimate of drug-likeness (QED) is 0.693. The van der Waals surface area contributed by atoms with Gasteiger partial charge in [0.25, 0.3) is 5.91 Å². The van der Waals surface area contributed by atoms with Crippen LogP contribution in [-0.4, -0.2) is 19.0 Å².